The molecule has 1 aromatic rings. The van der Waals surface area contributed by atoms with Gasteiger partial charge in [-0.15, -0.1) is 0 Å². The van der Waals surface area contributed by atoms with Gasteiger partial charge in [0.15, 0.2) is 0 Å². The Morgan fingerprint density at radius 2 is 2.19 bits per heavy atom. The third-order valence-corrected chi connectivity index (χ3v) is 2.67. The van der Waals surface area contributed by atoms with Crippen LogP contribution in [0.3, 0.4) is 0 Å². The van der Waals surface area contributed by atoms with Gasteiger partial charge in [-0.3, -0.25) is 0 Å². The minimum Gasteiger partial charge on any atom is -0.309 e. The molecular weight excluding hydrogens is 231 g/mol. The van der Waals surface area contributed by atoms with Crippen LogP contribution in [0.15, 0.2) is 23.1 Å². The van der Waals surface area contributed by atoms with Crippen LogP contribution in [0.5, 0.6) is 0 Å². The Balaban J connectivity index is 3.07. The molecule has 0 fully saturated rings. The molecule has 0 aliphatic heterocycles. The highest BCUT2D eigenvalue weighted by Gasteiger charge is 2.10. The van der Waals surface area contributed by atoms with Gasteiger partial charge in [0.1, 0.15) is 5.82 Å². The van der Waals surface area contributed by atoms with Gasteiger partial charge in [-0.2, -0.15) is 0 Å². The van der Waals surface area contributed by atoms with Crippen LogP contribution in [0.25, 0.3) is 0 Å². The SMILES string of the molecule is CNCC#Cc1ccc(S(N)(=O)=O)cc1F. The molecule has 0 heterocycles. The second kappa shape index (κ2) is 5.07. The van der Waals surface area contributed by atoms with Crippen molar-refractivity contribution in [2.45, 2.75) is 4.90 Å². The highest BCUT2D eigenvalue weighted by molar-refractivity contribution is 7.89. The van der Waals surface area contributed by atoms with E-state index >= 15 is 0 Å². The third-order valence-electron chi connectivity index (χ3n) is 1.76. The van der Waals surface area contributed by atoms with Gasteiger partial charge in [0, 0.05) is 0 Å². The lowest BCUT2D eigenvalue weighted by Crippen LogP contribution is -2.12. The maximum absolute atomic E-state index is 13.4. The molecule has 6 heteroatoms. The van der Waals surface area contributed by atoms with Gasteiger partial charge in [-0.05, 0) is 25.2 Å². The highest BCUT2D eigenvalue weighted by atomic mass is 32.2. The molecule has 4 nitrogen and oxygen atoms in total. The van der Waals surface area contributed by atoms with Crippen LogP contribution in [-0.4, -0.2) is 22.0 Å². The smallest absolute Gasteiger partial charge is 0.238 e. The van der Waals surface area contributed by atoms with Crippen LogP contribution in [0, 0.1) is 17.7 Å². The van der Waals surface area contributed by atoms with Gasteiger partial charge >= 0.3 is 0 Å². The predicted molar refractivity (Wildman–Crippen MR) is 58.6 cm³/mol. The number of hydrogen-bond acceptors (Lipinski definition) is 3. The van der Waals surface area contributed by atoms with Gasteiger partial charge in [0.25, 0.3) is 0 Å². The summed E-state index contributed by atoms with van der Waals surface area (Å²) in [4.78, 5) is -0.260. The van der Waals surface area contributed by atoms with E-state index in [1.54, 1.807) is 7.05 Å². The molecule has 0 aliphatic rings. The van der Waals surface area contributed by atoms with Crippen LogP contribution >= 0.6 is 0 Å². The van der Waals surface area contributed by atoms with Crippen molar-refractivity contribution in [3.8, 4) is 11.8 Å². The van der Waals surface area contributed by atoms with E-state index < -0.39 is 15.8 Å². The minimum atomic E-state index is -3.87. The lowest BCUT2D eigenvalue weighted by atomic mass is 10.2. The van der Waals surface area contributed by atoms with Crippen molar-refractivity contribution in [3.63, 3.8) is 0 Å². The second-order valence-electron chi connectivity index (χ2n) is 3.02. The Bertz CT molecular complexity index is 544. The molecule has 0 bridgehead atoms. The molecule has 0 amide bonds. The van der Waals surface area contributed by atoms with E-state index in [0.717, 1.165) is 6.07 Å². The summed E-state index contributed by atoms with van der Waals surface area (Å²) >= 11 is 0. The summed E-state index contributed by atoms with van der Waals surface area (Å²) in [5.41, 5.74) is 0.141. The number of nitrogens with two attached hydrogens (primary N) is 1. The van der Waals surface area contributed by atoms with Gasteiger partial charge in [-0.25, -0.2) is 17.9 Å². The number of nitrogens with one attached hydrogen (secondary N) is 1. The van der Waals surface area contributed by atoms with Crippen LogP contribution in [-0.2, 0) is 10.0 Å². The summed E-state index contributed by atoms with van der Waals surface area (Å²) in [6.07, 6.45) is 0. The van der Waals surface area contributed by atoms with Crippen molar-refractivity contribution in [2.75, 3.05) is 13.6 Å². The summed E-state index contributed by atoms with van der Waals surface area (Å²) < 4.78 is 35.2. The van der Waals surface area contributed by atoms with Crippen molar-refractivity contribution >= 4 is 10.0 Å². The van der Waals surface area contributed by atoms with Crippen LogP contribution in [0.4, 0.5) is 4.39 Å². The normalized spacial score (nSPS) is 10.7. The first-order valence-corrected chi connectivity index (χ1v) is 5.95. The maximum atomic E-state index is 13.4. The minimum absolute atomic E-state index is 0.141. The monoisotopic (exact) mass is 242 g/mol. The molecule has 3 N–H and O–H groups in total. The molecule has 1 rings (SSSR count). The summed E-state index contributed by atoms with van der Waals surface area (Å²) in [6.45, 7) is 0.427. The summed E-state index contributed by atoms with van der Waals surface area (Å²) in [5.74, 6) is 4.54. The molecule has 0 unspecified atom stereocenters. The Hall–Kier alpha value is -1.42. The second-order valence-corrected chi connectivity index (χ2v) is 4.58. The molecule has 86 valence electrons. The lowest BCUT2D eigenvalue weighted by Gasteiger charge is -1.99. The van der Waals surface area contributed by atoms with Crippen molar-refractivity contribution in [1.29, 1.82) is 0 Å². The van der Waals surface area contributed by atoms with E-state index in [-0.39, 0.29) is 10.5 Å². The Labute approximate surface area is 93.7 Å². The van der Waals surface area contributed by atoms with Gasteiger partial charge in [0.2, 0.25) is 10.0 Å². The first-order valence-electron chi connectivity index (χ1n) is 4.41. The molecule has 0 radical (unpaired) electrons. The average molecular weight is 242 g/mol. The van der Waals surface area contributed by atoms with Crippen molar-refractivity contribution in [2.24, 2.45) is 5.14 Å². The zero-order chi connectivity index (χ0) is 12.2. The van der Waals surface area contributed by atoms with Crippen molar-refractivity contribution < 1.29 is 12.8 Å². The number of hydrogen-bond donors (Lipinski definition) is 2. The first kappa shape index (κ1) is 12.6. The highest BCUT2D eigenvalue weighted by Crippen LogP contribution is 2.12. The standard InChI is InChI=1S/C10H11FN2O2S/c1-13-6-2-3-8-4-5-9(7-10(8)11)16(12,14)15/h4-5,7,13H,6H2,1H3,(H2,12,14,15). The number of halogens is 1. The summed E-state index contributed by atoms with van der Waals surface area (Å²) in [6, 6.07) is 3.37. The molecule has 0 saturated carbocycles. The van der Waals surface area contributed by atoms with E-state index in [9.17, 15) is 12.8 Å². The number of rotatable bonds is 2. The maximum Gasteiger partial charge on any atom is 0.238 e. The van der Waals surface area contributed by atoms with Gasteiger partial charge < -0.3 is 5.32 Å². The Kier molecular flexibility index (Phi) is 4.01. The zero-order valence-corrected chi connectivity index (χ0v) is 9.44. The van der Waals surface area contributed by atoms with Crippen molar-refractivity contribution in [3.05, 3.63) is 29.6 Å². The van der Waals surface area contributed by atoms with E-state index in [2.05, 4.69) is 17.2 Å². The molecule has 1 aromatic carbocycles. The summed E-state index contributed by atoms with van der Waals surface area (Å²) in [5, 5.41) is 7.64. The molecule has 0 atom stereocenters. The molecular formula is C10H11FN2O2S. The topological polar surface area (TPSA) is 72.2 Å². The fraction of sp³-hybridized carbons (Fsp3) is 0.200. The number of primary sulfonamides is 1. The summed E-state index contributed by atoms with van der Waals surface area (Å²) in [7, 11) is -2.15. The Morgan fingerprint density at radius 1 is 1.50 bits per heavy atom. The predicted octanol–water partition coefficient (Wildman–Crippen LogP) is 0.0440. The first-order chi connectivity index (χ1) is 7.45. The Morgan fingerprint density at radius 3 is 2.69 bits per heavy atom. The molecule has 0 spiro atoms. The fourth-order valence-electron chi connectivity index (χ4n) is 1.00. The average Bonchev–Trinajstić information content (AvgIpc) is 2.19. The van der Waals surface area contributed by atoms with Crippen molar-refractivity contribution in [1.82, 2.24) is 5.32 Å². The van der Waals surface area contributed by atoms with E-state index in [4.69, 9.17) is 5.14 Å². The van der Waals surface area contributed by atoms with Crippen LogP contribution in [0.2, 0.25) is 0 Å². The molecule has 0 saturated heterocycles. The van der Waals surface area contributed by atoms with Gasteiger partial charge in [-0.1, -0.05) is 11.8 Å². The molecule has 0 aliphatic carbocycles. The van der Waals surface area contributed by atoms with E-state index in [0.29, 0.717) is 6.54 Å². The third kappa shape index (κ3) is 3.31. The fourth-order valence-corrected chi connectivity index (χ4v) is 1.53. The molecule has 16 heavy (non-hydrogen) atoms. The molecule has 0 aromatic heterocycles. The quantitative estimate of drug-likeness (QED) is 0.719. The lowest BCUT2D eigenvalue weighted by molar-refractivity contribution is 0.591. The van der Waals surface area contributed by atoms with E-state index in [1.807, 2.05) is 0 Å². The zero-order valence-electron chi connectivity index (χ0n) is 8.62. The number of sulfonamides is 1. The van der Waals surface area contributed by atoms with E-state index in [1.165, 1.54) is 12.1 Å². The van der Waals surface area contributed by atoms with Crippen LogP contribution < -0.4 is 10.5 Å². The largest absolute Gasteiger partial charge is 0.309 e. The van der Waals surface area contributed by atoms with Crippen LogP contribution in [0.1, 0.15) is 5.56 Å². The number of benzene rings is 1. The van der Waals surface area contributed by atoms with Gasteiger partial charge in [0.05, 0.1) is 17.0 Å².